The SMILES string of the molecule is CC1(C(=O)O)CCCCN1c1ccc(Br)cc1C(F)(F)F. The lowest BCUT2D eigenvalue weighted by Gasteiger charge is -2.44. The Labute approximate surface area is 128 Å². The van der Waals surface area contributed by atoms with Crippen molar-refractivity contribution < 1.29 is 23.1 Å². The first-order valence-electron chi connectivity index (χ1n) is 6.54. The average molecular weight is 366 g/mol. The summed E-state index contributed by atoms with van der Waals surface area (Å²) in [6.45, 7) is 1.78. The topological polar surface area (TPSA) is 40.5 Å². The second kappa shape index (κ2) is 5.51. The molecule has 7 heteroatoms. The minimum Gasteiger partial charge on any atom is -0.480 e. The van der Waals surface area contributed by atoms with Crippen molar-refractivity contribution in [3.05, 3.63) is 28.2 Å². The molecule has 0 bridgehead atoms. The van der Waals surface area contributed by atoms with Gasteiger partial charge in [-0.25, -0.2) is 4.79 Å². The van der Waals surface area contributed by atoms with Gasteiger partial charge in [-0.3, -0.25) is 0 Å². The zero-order chi connectivity index (χ0) is 15.8. The lowest BCUT2D eigenvalue weighted by atomic mass is 9.87. The number of carbonyl (C=O) groups is 1. The zero-order valence-electron chi connectivity index (χ0n) is 11.4. The molecule has 1 N–H and O–H groups in total. The molecule has 1 atom stereocenters. The molecule has 0 spiro atoms. The molecule has 0 radical (unpaired) electrons. The molecule has 1 aliphatic heterocycles. The van der Waals surface area contributed by atoms with Gasteiger partial charge < -0.3 is 10.0 Å². The Morgan fingerprint density at radius 2 is 2.05 bits per heavy atom. The molecule has 21 heavy (non-hydrogen) atoms. The molecule has 3 nitrogen and oxygen atoms in total. The van der Waals surface area contributed by atoms with Crippen molar-refractivity contribution in [3.8, 4) is 0 Å². The third-order valence-corrected chi connectivity index (χ3v) is 4.40. The lowest BCUT2D eigenvalue weighted by molar-refractivity contribution is -0.144. The van der Waals surface area contributed by atoms with Gasteiger partial charge in [0.25, 0.3) is 0 Å². The molecule has 116 valence electrons. The summed E-state index contributed by atoms with van der Waals surface area (Å²) in [6, 6.07) is 3.83. The summed E-state index contributed by atoms with van der Waals surface area (Å²) in [4.78, 5) is 12.9. The number of alkyl halides is 3. The minimum atomic E-state index is -4.53. The van der Waals surface area contributed by atoms with Crippen molar-refractivity contribution in [1.82, 2.24) is 0 Å². The largest absolute Gasteiger partial charge is 0.480 e. The van der Waals surface area contributed by atoms with Crippen molar-refractivity contribution in [2.75, 3.05) is 11.4 Å². The van der Waals surface area contributed by atoms with Crippen LogP contribution in [-0.2, 0) is 11.0 Å². The predicted octanol–water partition coefficient (Wildman–Crippen LogP) is 4.30. The van der Waals surface area contributed by atoms with Crippen LogP contribution in [0.25, 0.3) is 0 Å². The Morgan fingerprint density at radius 3 is 2.62 bits per heavy atom. The molecular weight excluding hydrogens is 351 g/mol. The van der Waals surface area contributed by atoms with Gasteiger partial charge >= 0.3 is 12.1 Å². The highest BCUT2D eigenvalue weighted by Crippen LogP contribution is 2.42. The van der Waals surface area contributed by atoms with E-state index >= 15 is 0 Å². The Hall–Kier alpha value is -1.24. The number of benzene rings is 1. The van der Waals surface area contributed by atoms with Crippen LogP contribution < -0.4 is 4.90 Å². The van der Waals surface area contributed by atoms with Gasteiger partial charge in [-0.05, 0) is 44.4 Å². The number of carboxylic acids is 1. The normalized spacial score (nSPS) is 23.2. The van der Waals surface area contributed by atoms with Gasteiger partial charge in [-0.15, -0.1) is 0 Å². The standard InChI is InChI=1S/C14H15BrF3NO2/c1-13(12(20)21)6-2-3-7-19(13)11-5-4-9(15)8-10(11)14(16,17)18/h4-5,8H,2-3,6-7H2,1H3,(H,20,21). The Balaban J connectivity index is 2.56. The molecule has 1 unspecified atom stereocenters. The van der Waals surface area contributed by atoms with Gasteiger partial charge in [0.05, 0.1) is 5.56 Å². The van der Waals surface area contributed by atoms with Gasteiger partial charge in [0.15, 0.2) is 0 Å². The van der Waals surface area contributed by atoms with E-state index in [9.17, 15) is 23.1 Å². The molecule has 2 rings (SSSR count). The van der Waals surface area contributed by atoms with Gasteiger partial charge in [0.1, 0.15) is 5.54 Å². The van der Waals surface area contributed by atoms with E-state index in [4.69, 9.17) is 0 Å². The van der Waals surface area contributed by atoms with Crippen LogP contribution in [0.1, 0.15) is 31.7 Å². The summed E-state index contributed by atoms with van der Waals surface area (Å²) in [5.41, 5.74) is -2.20. The molecule has 0 aromatic heterocycles. The fourth-order valence-corrected chi connectivity index (χ4v) is 3.06. The van der Waals surface area contributed by atoms with Crippen molar-refractivity contribution in [3.63, 3.8) is 0 Å². The van der Waals surface area contributed by atoms with Crippen molar-refractivity contribution in [2.24, 2.45) is 0 Å². The number of carboxylic acid groups (broad SMARTS) is 1. The van der Waals surface area contributed by atoms with Crippen molar-refractivity contribution in [1.29, 1.82) is 0 Å². The monoisotopic (exact) mass is 365 g/mol. The van der Waals surface area contributed by atoms with Gasteiger partial charge in [0, 0.05) is 16.7 Å². The fourth-order valence-electron chi connectivity index (χ4n) is 2.70. The molecule has 1 heterocycles. The second-order valence-corrected chi connectivity index (χ2v) is 6.26. The first-order valence-corrected chi connectivity index (χ1v) is 7.33. The number of anilines is 1. The van der Waals surface area contributed by atoms with Crippen LogP contribution in [0.5, 0.6) is 0 Å². The average Bonchev–Trinajstić information content (AvgIpc) is 2.38. The molecule has 0 aliphatic carbocycles. The summed E-state index contributed by atoms with van der Waals surface area (Å²) in [7, 11) is 0. The smallest absolute Gasteiger partial charge is 0.418 e. The van der Waals surface area contributed by atoms with E-state index < -0.39 is 23.2 Å². The van der Waals surface area contributed by atoms with E-state index in [1.165, 1.54) is 24.0 Å². The van der Waals surface area contributed by atoms with Gasteiger partial charge in [0.2, 0.25) is 0 Å². The maximum absolute atomic E-state index is 13.2. The molecule has 1 saturated heterocycles. The molecule has 1 fully saturated rings. The van der Waals surface area contributed by atoms with Gasteiger partial charge in [-0.2, -0.15) is 13.2 Å². The van der Waals surface area contributed by atoms with E-state index in [1.54, 1.807) is 0 Å². The first-order chi connectivity index (χ1) is 9.66. The highest BCUT2D eigenvalue weighted by molar-refractivity contribution is 9.10. The molecule has 0 saturated carbocycles. The third-order valence-electron chi connectivity index (χ3n) is 3.91. The van der Waals surface area contributed by atoms with E-state index in [2.05, 4.69) is 15.9 Å². The maximum Gasteiger partial charge on any atom is 0.418 e. The van der Waals surface area contributed by atoms with E-state index in [1.807, 2.05) is 0 Å². The zero-order valence-corrected chi connectivity index (χ0v) is 13.0. The Morgan fingerprint density at radius 1 is 1.38 bits per heavy atom. The number of nitrogens with zero attached hydrogens (tertiary/aromatic N) is 1. The number of piperidine rings is 1. The summed E-state index contributed by atoms with van der Waals surface area (Å²) in [5, 5.41) is 9.45. The first kappa shape index (κ1) is 16.1. The van der Waals surface area contributed by atoms with E-state index in [0.29, 0.717) is 30.3 Å². The lowest BCUT2D eigenvalue weighted by Crippen LogP contribution is -2.56. The van der Waals surface area contributed by atoms with Crippen LogP contribution in [0, 0.1) is 0 Å². The second-order valence-electron chi connectivity index (χ2n) is 5.35. The third kappa shape index (κ3) is 3.02. The van der Waals surface area contributed by atoms with Gasteiger partial charge in [-0.1, -0.05) is 15.9 Å². The highest BCUT2D eigenvalue weighted by atomic mass is 79.9. The summed E-state index contributed by atoms with van der Waals surface area (Å²) >= 11 is 3.04. The number of aliphatic carboxylic acids is 1. The summed E-state index contributed by atoms with van der Waals surface area (Å²) in [5.74, 6) is -1.10. The van der Waals surface area contributed by atoms with Crippen LogP contribution >= 0.6 is 15.9 Å². The Bertz CT molecular complexity index is 562. The highest BCUT2D eigenvalue weighted by Gasteiger charge is 2.45. The molecule has 1 aromatic rings. The van der Waals surface area contributed by atoms with E-state index in [-0.39, 0.29) is 5.69 Å². The maximum atomic E-state index is 13.2. The number of rotatable bonds is 2. The van der Waals surface area contributed by atoms with Crippen LogP contribution in [0.2, 0.25) is 0 Å². The molecular formula is C14H15BrF3NO2. The van der Waals surface area contributed by atoms with Crippen LogP contribution in [0.4, 0.5) is 18.9 Å². The van der Waals surface area contributed by atoms with Crippen molar-refractivity contribution >= 4 is 27.6 Å². The molecule has 0 amide bonds. The van der Waals surface area contributed by atoms with Crippen LogP contribution in [0.15, 0.2) is 22.7 Å². The Kier molecular flexibility index (Phi) is 4.24. The van der Waals surface area contributed by atoms with E-state index in [0.717, 1.165) is 6.07 Å². The molecule has 1 aliphatic rings. The number of hydrogen-bond donors (Lipinski definition) is 1. The summed E-state index contributed by atoms with van der Waals surface area (Å²) in [6.07, 6.45) is -2.83. The summed E-state index contributed by atoms with van der Waals surface area (Å²) < 4.78 is 40.0. The molecule has 1 aromatic carbocycles. The number of hydrogen-bond acceptors (Lipinski definition) is 2. The van der Waals surface area contributed by atoms with Crippen molar-refractivity contribution in [2.45, 2.75) is 37.9 Å². The predicted molar refractivity (Wildman–Crippen MR) is 76.4 cm³/mol. The number of halogens is 4. The van der Waals surface area contributed by atoms with Crippen LogP contribution in [0.3, 0.4) is 0 Å². The quantitative estimate of drug-likeness (QED) is 0.849. The van der Waals surface area contributed by atoms with Crippen LogP contribution in [-0.4, -0.2) is 23.2 Å². The minimum absolute atomic E-state index is 0.0738. The fraction of sp³-hybridized carbons (Fsp3) is 0.500.